The Morgan fingerprint density at radius 1 is 1.25 bits per heavy atom. The van der Waals surface area contributed by atoms with Crippen molar-refractivity contribution in [3.8, 4) is 0 Å². The van der Waals surface area contributed by atoms with E-state index in [0.717, 1.165) is 5.56 Å². The van der Waals surface area contributed by atoms with Crippen LogP contribution >= 0.6 is 0 Å². The van der Waals surface area contributed by atoms with Gasteiger partial charge in [0.05, 0.1) is 32.8 Å². The summed E-state index contributed by atoms with van der Waals surface area (Å²) in [6, 6.07) is 9.39. The maximum absolute atomic E-state index is 11.9. The predicted molar refractivity (Wildman–Crippen MR) is 85.1 cm³/mol. The van der Waals surface area contributed by atoms with Crippen molar-refractivity contribution in [1.82, 2.24) is 5.32 Å². The van der Waals surface area contributed by atoms with E-state index in [-0.39, 0.29) is 19.1 Å². The molecule has 7 heteroatoms. The van der Waals surface area contributed by atoms with Crippen molar-refractivity contribution < 1.29 is 28.5 Å². The van der Waals surface area contributed by atoms with Gasteiger partial charge in [-0.15, -0.1) is 0 Å². The molecular formula is C17H23NO6. The fourth-order valence-corrected chi connectivity index (χ4v) is 2.52. The number of rotatable bonds is 7. The van der Waals surface area contributed by atoms with Crippen molar-refractivity contribution in [3.05, 3.63) is 35.9 Å². The number of hydrogen-bond acceptors (Lipinski definition) is 6. The summed E-state index contributed by atoms with van der Waals surface area (Å²) in [7, 11) is 1.33. The molecule has 1 fully saturated rings. The van der Waals surface area contributed by atoms with Crippen LogP contribution in [0.2, 0.25) is 0 Å². The maximum Gasteiger partial charge on any atom is 0.407 e. The van der Waals surface area contributed by atoms with Crippen LogP contribution in [0, 0.1) is 5.92 Å². The molecule has 1 aromatic rings. The summed E-state index contributed by atoms with van der Waals surface area (Å²) in [6.07, 6.45) is -0.276. The van der Waals surface area contributed by atoms with Crippen molar-refractivity contribution in [2.75, 3.05) is 26.9 Å². The number of hydrogen-bond donors (Lipinski definition) is 1. The molecule has 0 spiro atoms. The number of benzene rings is 1. The molecule has 0 radical (unpaired) electrons. The van der Waals surface area contributed by atoms with E-state index in [1.165, 1.54) is 7.11 Å². The number of esters is 1. The zero-order chi connectivity index (χ0) is 17.4. The Kier molecular flexibility index (Phi) is 6.57. The van der Waals surface area contributed by atoms with E-state index < -0.39 is 17.8 Å². The summed E-state index contributed by atoms with van der Waals surface area (Å²) >= 11 is 0. The second-order valence-corrected chi connectivity index (χ2v) is 5.65. The lowest BCUT2D eigenvalue weighted by Crippen LogP contribution is -2.46. The van der Waals surface area contributed by atoms with E-state index in [0.29, 0.717) is 19.6 Å². The van der Waals surface area contributed by atoms with Crippen LogP contribution in [0.1, 0.15) is 18.9 Å². The molecule has 0 saturated carbocycles. The fourth-order valence-electron chi connectivity index (χ4n) is 2.52. The van der Waals surface area contributed by atoms with Crippen LogP contribution in [-0.2, 0) is 30.3 Å². The smallest absolute Gasteiger partial charge is 0.407 e. The van der Waals surface area contributed by atoms with Crippen molar-refractivity contribution in [1.29, 1.82) is 0 Å². The van der Waals surface area contributed by atoms with Gasteiger partial charge in [-0.3, -0.25) is 4.79 Å². The van der Waals surface area contributed by atoms with E-state index in [1.54, 1.807) is 6.92 Å². The van der Waals surface area contributed by atoms with E-state index >= 15 is 0 Å². The Morgan fingerprint density at radius 3 is 2.54 bits per heavy atom. The molecule has 24 heavy (non-hydrogen) atoms. The molecule has 1 aliphatic heterocycles. The Balaban J connectivity index is 1.82. The Bertz CT molecular complexity index is 541. The fraction of sp³-hybridized carbons (Fsp3) is 0.529. The van der Waals surface area contributed by atoms with Gasteiger partial charge in [0.15, 0.2) is 5.79 Å². The Labute approximate surface area is 141 Å². The highest BCUT2D eigenvalue weighted by Gasteiger charge is 2.40. The van der Waals surface area contributed by atoms with Gasteiger partial charge in [-0.2, -0.15) is 0 Å². The normalized spacial score (nSPS) is 17.1. The van der Waals surface area contributed by atoms with E-state index in [9.17, 15) is 9.59 Å². The molecule has 1 aliphatic rings. The Morgan fingerprint density at radius 2 is 1.92 bits per heavy atom. The molecular weight excluding hydrogens is 314 g/mol. The maximum atomic E-state index is 11.9. The first-order valence-corrected chi connectivity index (χ1v) is 7.85. The molecule has 7 nitrogen and oxygen atoms in total. The number of methoxy groups -OCH3 is 1. The van der Waals surface area contributed by atoms with Gasteiger partial charge in [0.2, 0.25) is 0 Å². The van der Waals surface area contributed by atoms with Crippen LogP contribution in [0.15, 0.2) is 30.3 Å². The average molecular weight is 337 g/mol. The highest BCUT2D eigenvalue weighted by Crippen LogP contribution is 2.27. The first-order chi connectivity index (χ1) is 11.5. The van der Waals surface area contributed by atoms with Crippen molar-refractivity contribution in [2.24, 2.45) is 5.92 Å². The van der Waals surface area contributed by atoms with Gasteiger partial charge in [0, 0.05) is 6.42 Å². The van der Waals surface area contributed by atoms with Gasteiger partial charge in [-0.25, -0.2) is 4.79 Å². The summed E-state index contributed by atoms with van der Waals surface area (Å²) in [5, 5.41) is 2.63. The quantitative estimate of drug-likeness (QED) is 0.765. The molecule has 0 aliphatic carbocycles. The summed E-state index contributed by atoms with van der Waals surface area (Å²) in [5.74, 6) is -1.78. The lowest BCUT2D eigenvalue weighted by atomic mass is 10.0. The van der Waals surface area contributed by atoms with Gasteiger partial charge in [0.1, 0.15) is 6.61 Å². The van der Waals surface area contributed by atoms with Crippen molar-refractivity contribution in [2.45, 2.75) is 25.7 Å². The van der Waals surface area contributed by atoms with Crippen LogP contribution in [0.4, 0.5) is 4.79 Å². The van der Waals surface area contributed by atoms with Crippen molar-refractivity contribution in [3.63, 3.8) is 0 Å². The number of nitrogens with one attached hydrogen (secondary N) is 1. The summed E-state index contributed by atoms with van der Waals surface area (Å²) in [5.41, 5.74) is 0.898. The van der Waals surface area contributed by atoms with Gasteiger partial charge >= 0.3 is 12.1 Å². The third-order valence-electron chi connectivity index (χ3n) is 3.75. The third kappa shape index (κ3) is 5.21. The van der Waals surface area contributed by atoms with E-state index in [4.69, 9.17) is 18.9 Å². The second-order valence-electron chi connectivity index (χ2n) is 5.65. The number of amides is 1. The molecule has 1 amide bonds. The topological polar surface area (TPSA) is 83.1 Å². The van der Waals surface area contributed by atoms with Gasteiger partial charge in [0.25, 0.3) is 0 Å². The zero-order valence-electron chi connectivity index (χ0n) is 13.9. The molecule has 1 saturated heterocycles. The van der Waals surface area contributed by atoms with Crippen LogP contribution in [0.25, 0.3) is 0 Å². The lowest BCUT2D eigenvalue weighted by molar-refractivity contribution is -0.174. The largest absolute Gasteiger partial charge is 0.469 e. The average Bonchev–Trinajstić information content (AvgIpc) is 3.07. The number of carbonyl (C=O) groups is 2. The number of carbonyl (C=O) groups excluding carboxylic acids is 2. The lowest BCUT2D eigenvalue weighted by Gasteiger charge is -2.29. The third-order valence-corrected chi connectivity index (χ3v) is 3.75. The molecule has 132 valence electrons. The van der Waals surface area contributed by atoms with E-state index in [1.807, 2.05) is 30.3 Å². The SMILES string of the molecule is COC(=O)[C@@H](C)CC1(CNC(=O)OCc2ccccc2)OCCO1. The minimum Gasteiger partial charge on any atom is -0.469 e. The van der Waals surface area contributed by atoms with E-state index in [2.05, 4.69) is 5.32 Å². The molecule has 0 aromatic heterocycles. The van der Waals surface area contributed by atoms with Crippen LogP contribution in [-0.4, -0.2) is 44.7 Å². The Hall–Kier alpha value is -2.12. The number of alkyl carbamates (subject to hydrolysis) is 1. The summed E-state index contributed by atoms with van der Waals surface area (Å²) in [4.78, 5) is 23.4. The van der Waals surface area contributed by atoms with Gasteiger partial charge < -0.3 is 24.3 Å². The number of ether oxygens (including phenoxy) is 4. The highest BCUT2D eigenvalue weighted by atomic mass is 16.7. The highest BCUT2D eigenvalue weighted by molar-refractivity contribution is 5.72. The van der Waals surface area contributed by atoms with Gasteiger partial charge in [-0.05, 0) is 5.56 Å². The van der Waals surface area contributed by atoms with Crippen molar-refractivity contribution >= 4 is 12.1 Å². The van der Waals surface area contributed by atoms with Crippen LogP contribution in [0.5, 0.6) is 0 Å². The zero-order valence-corrected chi connectivity index (χ0v) is 13.9. The van der Waals surface area contributed by atoms with Crippen LogP contribution in [0.3, 0.4) is 0 Å². The predicted octanol–water partition coefficient (Wildman–Crippen LogP) is 1.86. The molecule has 1 atom stereocenters. The first kappa shape index (κ1) is 18.2. The monoisotopic (exact) mass is 337 g/mol. The first-order valence-electron chi connectivity index (χ1n) is 7.85. The van der Waals surface area contributed by atoms with Crippen LogP contribution < -0.4 is 5.32 Å². The molecule has 1 heterocycles. The van der Waals surface area contributed by atoms with Gasteiger partial charge in [-0.1, -0.05) is 37.3 Å². The summed E-state index contributed by atoms with van der Waals surface area (Å²) in [6.45, 7) is 2.83. The molecule has 0 bridgehead atoms. The summed E-state index contributed by atoms with van der Waals surface area (Å²) < 4.78 is 21.1. The molecule has 1 aromatic carbocycles. The minimum absolute atomic E-state index is 0.0992. The standard InChI is InChI=1S/C17H23NO6/c1-13(15(19)21-2)10-17(23-8-9-24-17)12-18-16(20)22-11-14-6-4-3-5-7-14/h3-7,13H,8-12H2,1-2H3,(H,18,20)/t13-/m0/s1. The minimum atomic E-state index is -1.03. The molecule has 1 N–H and O–H groups in total. The molecule has 0 unspecified atom stereocenters. The molecule has 2 rings (SSSR count). The second kappa shape index (κ2) is 8.65.